The Morgan fingerprint density at radius 2 is 1.88 bits per heavy atom. The molecule has 0 bridgehead atoms. The van der Waals surface area contributed by atoms with E-state index < -0.39 is 6.04 Å². The van der Waals surface area contributed by atoms with Crippen molar-refractivity contribution in [2.24, 2.45) is 0 Å². The number of amides is 2. The molecular formula is C24H34ClN5O2. The fourth-order valence-corrected chi connectivity index (χ4v) is 4.71. The molecule has 0 aliphatic carbocycles. The summed E-state index contributed by atoms with van der Waals surface area (Å²) in [5, 5.41) is 3.99. The van der Waals surface area contributed by atoms with Gasteiger partial charge in [0.1, 0.15) is 6.04 Å². The highest BCUT2D eigenvalue weighted by atomic mass is 35.5. The lowest BCUT2D eigenvalue weighted by atomic mass is 10.0. The molecule has 0 saturated carbocycles. The predicted molar refractivity (Wildman–Crippen MR) is 130 cm³/mol. The quantitative estimate of drug-likeness (QED) is 0.651. The number of rotatable bonds is 6. The number of aromatic amines is 1. The summed E-state index contributed by atoms with van der Waals surface area (Å²) in [6.45, 7) is 9.30. The molecule has 4 rings (SSSR count). The van der Waals surface area contributed by atoms with Crippen molar-refractivity contribution in [2.75, 3.05) is 46.3 Å². The van der Waals surface area contributed by atoms with Crippen LogP contribution >= 0.6 is 12.4 Å². The lowest BCUT2D eigenvalue weighted by molar-refractivity contribution is -0.135. The molecule has 8 heteroatoms. The number of hydrogen-bond donors (Lipinski definition) is 2. The minimum absolute atomic E-state index is 0. The average Bonchev–Trinajstić information content (AvgIpc) is 3.27. The van der Waals surface area contributed by atoms with E-state index in [0.29, 0.717) is 31.1 Å². The second-order valence-electron chi connectivity index (χ2n) is 8.73. The molecule has 2 fully saturated rings. The highest BCUT2D eigenvalue weighted by Gasteiger charge is 2.31. The number of carbonyl (C=O) groups is 2. The summed E-state index contributed by atoms with van der Waals surface area (Å²) < 4.78 is 0. The molecule has 174 valence electrons. The number of piperidine rings is 1. The van der Waals surface area contributed by atoms with Gasteiger partial charge in [-0.1, -0.05) is 12.1 Å². The fraction of sp³-hybridized carbons (Fsp3) is 0.500. The van der Waals surface area contributed by atoms with E-state index in [1.165, 1.54) is 12.8 Å². The highest BCUT2D eigenvalue weighted by Crippen LogP contribution is 2.18. The van der Waals surface area contributed by atoms with Crippen LogP contribution in [0.3, 0.4) is 0 Å². The van der Waals surface area contributed by atoms with Gasteiger partial charge >= 0.3 is 0 Å². The molecule has 2 amide bonds. The number of benzene rings is 1. The number of aromatic nitrogens is 1. The van der Waals surface area contributed by atoms with Crippen LogP contribution in [0, 0.1) is 0 Å². The second kappa shape index (κ2) is 11.0. The Balaban J connectivity index is 0.00000289. The fourth-order valence-electron chi connectivity index (χ4n) is 4.71. The van der Waals surface area contributed by atoms with Crippen LogP contribution in [0.15, 0.2) is 43.1 Å². The van der Waals surface area contributed by atoms with Gasteiger partial charge in [-0.05, 0) is 63.0 Å². The third kappa shape index (κ3) is 5.52. The molecule has 0 unspecified atom stereocenters. The molecule has 7 nitrogen and oxygen atoms in total. The van der Waals surface area contributed by atoms with Gasteiger partial charge in [0.15, 0.2) is 0 Å². The number of carbonyl (C=O) groups excluding carboxylic acids is 2. The zero-order valence-electron chi connectivity index (χ0n) is 18.8. The number of hydrogen-bond acceptors (Lipinski definition) is 4. The lowest BCUT2D eigenvalue weighted by Crippen LogP contribution is -2.57. The minimum Gasteiger partial charge on any atom is -0.361 e. The molecule has 2 N–H and O–H groups in total. The van der Waals surface area contributed by atoms with Gasteiger partial charge in [0.2, 0.25) is 5.91 Å². The first kappa shape index (κ1) is 24.3. The lowest BCUT2D eigenvalue weighted by Gasteiger charge is -2.42. The average molecular weight is 460 g/mol. The van der Waals surface area contributed by atoms with Gasteiger partial charge in [-0.2, -0.15) is 0 Å². The number of H-pyrrole nitrogens is 1. The summed E-state index contributed by atoms with van der Waals surface area (Å²) >= 11 is 0. The van der Waals surface area contributed by atoms with E-state index in [9.17, 15) is 9.59 Å². The maximum absolute atomic E-state index is 13.2. The normalized spacial score (nSPS) is 19.3. The third-order valence-electron chi connectivity index (χ3n) is 6.65. The van der Waals surface area contributed by atoms with Crippen molar-refractivity contribution in [2.45, 2.75) is 31.3 Å². The van der Waals surface area contributed by atoms with Crippen molar-refractivity contribution in [1.82, 2.24) is 25.0 Å². The molecule has 2 aliphatic rings. The summed E-state index contributed by atoms with van der Waals surface area (Å²) in [6.07, 6.45) is 6.37. The van der Waals surface area contributed by atoms with Crippen molar-refractivity contribution in [3.8, 4) is 0 Å². The van der Waals surface area contributed by atoms with Crippen molar-refractivity contribution < 1.29 is 9.59 Å². The van der Waals surface area contributed by atoms with Gasteiger partial charge in [0.05, 0.1) is 0 Å². The van der Waals surface area contributed by atoms with Crippen LogP contribution < -0.4 is 5.32 Å². The van der Waals surface area contributed by atoms with Crippen LogP contribution in [0.25, 0.3) is 10.9 Å². The largest absolute Gasteiger partial charge is 0.361 e. The molecule has 0 radical (unpaired) electrons. The highest BCUT2D eigenvalue weighted by molar-refractivity contribution is 6.00. The van der Waals surface area contributed by atoms with E-state index in [4.69, 9.17) is 0 Å². The molecule has 32 heavy (non-hydrogen) atoms. The number of nitrogens with zero attached hydrogens (tertiary/aromatic N) is 3. The topological polar surface area (TPSA) is 71.7 Å². The van der Waals surface area contributed by atoms with E-state index in [2.05, 4.69) is 33.7 Å². The Morgan fingerprint density at radius 1 is 1.16 bits per heavy atom. The van der Waals surface area contributed by atoms with Crippen LogP contribution in [0.1, 0.15) is 29.6 Å². The van der Waals surface area contributed by atoms with Crippen LogP contribution in [-0.2, 0) is 4.79 Å². The van der Waals surface area contributed by atoms with Gasteiger partial charge in [0, 0.05) is 49.5 Å². The number of likely N-dealkylation sites (tertiary alicyclic amines) is 1. The summed E-state index contributed by atoms with van der Waals surface area (Å²) in [7, 11) is 2.18. The maximum Gasteiger partial charge on any atom is 0.252 e. The van der Waals surface area contributed by atoms with Gasteiger partial charge in [0.25, 0.3) is 5.91 Å². The van der Waals surface area contributed by atoms with E-state index in [1.54, 1.807) is 12.1 Å². The predicted octanol–water partition coefficient (Wildman–Crippen LogP) is 2.50. The minimum atomic E-state index is -0.584. The molecule has 0 spiro atoms. The number of fused-ring (bicyclic) bond motifs is 1. The Kier molecular flexibility index (Phi) is 8.34. The zero-order valence-corrected chi connectivity index (χ0v) is 19.6. The molecule has 1 atom stereocenters. The summed E-state index contributed by atoms with van der Waals surface area (Å²) in [4.78, 5) is 35.9. The van der Waals surface area contributed by atoms with Crippen LogP contribution in [0.4, 0.5) is 0 Å². The van der Waals surface area contributed by atoms with Crippen LogP contribution in [0.5, 0.6) is 0 Å². The van der Waals surface area contributed by atoms with E-state index >= 15 is 0 Å². The Bertz CT molecular complexity index is 929. The zero-order chi connectivity index (χ0) is 21.8. The van der Waals surface area contributed by atoms with E-state index in [0.717, 1.165) is 37.1 Å². The second-order valence-corrected chi connectivity index (χ2v) is 8.73. The summed E-state index contributed by atoms with van der Waals surface area (Å²) in [5.41, 5.74) is 1.45. The van der Waals surface area contributed by atoms with Crippen LogP contribution in [0.2, 0.25) is 0 Å². The van der Waals surface area contributed by atoms with Gasteiger partial charge < -0.3 is 20.1 Å². The van der Waals surface area contributed by atoms with E-state index in [-0.39, 0.29) is 24.2 Å². The van der Waals surface area contributed by atoms with Gasteiger partial charge in [-0.3, -0.25) is 14.5 Å². The van der Waals surface area contributed by atoms with Gasteiger partial charge in [-0.15, -0.1) is 19.0 Å². The standard InChI is InChI=1S/C24H33N5O2.ClH/c1-3-4-21(26-23(30)19-6-5-18-7-10-25-22(18)17-19)24(31)29-15-13-28(14-16-29)20-8-11-27(2)12-9-20;/h3,5-7,10,17,20-21,25H,1,4,8-9,11-16H2,2H3,(H,26,30);1H/t21-;/m1./s1. The Labute approximate surface area is 196 Å². The molecule has 2 saturated heterocycles. The monoisotopic (exact) mass is 459 g/mol. The summed E-state index contributed by atoms with van der Waals surface area (Å²) in [6, 6.07) is 7.53. The SMILES string of the molecule is C=CC[C@@H](NC(=O)c1ccc2cc[nH]c2c1)C(=O)N1CCN(C2CCN(C)CC2)CC1.Cl. The number of piperazine rings is 1. The Hall–Kier alpha value is -2.35. The van der Waals surface area contributed by atoms with Gasteiger partial charge in [-0.25, -0.2) is 0 Å². The van der Waals surface area contributed by atoms with Crippen molar-refractivity contribution in [3.63, 3.8) is 0 Å². The third-order valence-corrected chi connectivity index (χ3v) is 6.65. The number of halogens is 1. The first-order chi connectivity index (χ1) is 15.0. The summed E-state index contributed by atoms with van der Waals surface area (Å²) in [5.74, 6) is -0.251. The van der Waals surface area contributed by atoms with Crippen molar-refractivity contribution >= 4 is 35.1 Å². The first-order valence-electron chi connectivity index (χ1n) is 11.3. The number of nitrogens with one attached hydrogen (secondary N) is 2. The molecule has 1 aromatic heterocycles. The first-order valence-corrected chi connectivity index (χ1v) is 11.3. The Morgan fingerprint density at radius 3 is 2.56 bits per heavy atom. The van der Waals surface area contributed by atoms with Crippen molar-refractivity contribution in [3.05, 3.63) is 48.7 Å². The molecule has 2 aromatic rings. The van der Waals surface area contributed by atoms with Crippen molar-refractivity contribution in [1.29, 1.82) is 0 Å². The molecule has 2 aliphatic heterocycles. The van der Waals surface area contributed by atoms with E-state index in [1.807, 2.05) is 29.3 Å². The maximum atomic E-state index is 13.2. The molecule has 3 heterocycles. The smallest absolute Gasteiger partial charge is 0.252 e. The molecule has 1 aromatic carbocycles. The molecular weight excluding hydrogens is 426 g/mol. The van der Waals surface area contributed by atoms with Crippen LogP contribution in [-0.4, -0.2) is 89.9 Å².